The Kier molecular flexibility index (Phi) is 2.18. The van der Waals surface area contributed by atoms with Gasteiger partial charge >= 0.3 is 0 Å². The summed E-state index contributed by atoms with van der Waals surface area (Å²) >= 11 is 0. The van der Waals surface area contributed by atoms with E-state index in [1.165, 1.54) is 5.56 Å². The third kappa shape index (κ3) is 1.63. The zero-order valence-electron chi connectivity index (χ0n) is 8.57. The highest BCUT2D eigenvalue weighted by molar-refractivity contribution is 5.72. The molecule has 78 valence electrons. The number of rotatable bonds is 2. The highest BCUT2D eigenvalue weighted by Crippen LogP contribution is 2.34. The number of nitrogens with zero attached hydrogens (tertiary/aromatic N) is 1. The summed E-state index contributed by atoms with van der Waals surface area (Å²) in [4.78, 5) is 4.43. The van der Waals surface area contributed by atoms with E-state index in [2.05, 4.69) is 22.4 Å². The Hall–Kier alpha value is -1.35. The summed E-state index contributed by atoms with van der Waals surface area (Å²) in [6.07, 6.45) is 4.43. The molecule has 1 N–H and O–H groups in total. The quantitative estimate of drug-likeness (QED) is 0.791. The van der Waals surface area contributed by atoms with Gasteiger partial charge in [0.15, 0.2) is 0 Å². The Bertz CT molecular complexity index is 397. The number of para-hydroxylation sites is 1. The van der Waals surface area contributed by atoms with Gasteiger partial charge in [0.25, 0.3) is 0 Å². The van der Waals surface area contributed by atoms with E-state index in [0.29, 0.717) is 6.10 Å². The van der Waals surface area contributed by atoms with Crippen molar-refractivity contribution in [3.63, 3.8) is 0 Å². The molecule has 2 aliphatic rings. The van der Waals surface area contributed by atoms with Crippen molar-refractivity contribution >= 4 is 11.9 Å². The molecule has 0 bridgehead atoms. The van der Waals surface area contributed by atoms with Crippen molar-refractivity contribution in [2.24, 2.45) is 4.99 Å². The predicted octanol–water partition coefficient (Wildman–Crippen LogP) is 1.69. The van der Waals surface area contributed by atoms with Crippen LogP contribution in [0, 0.1) is 0 Å². The number of aryl methyl sites for hydroxylation is 1. The van der Waals surface area contributed by atoms with Crippen LogP contribution in [0.1, 0.15) is 12.0 Å². The van der Waals surface area contributed by atoms with Gasteiger partial charge in [0.2, 0.25) is 0 Å². The Morgan fingerprint density at radius 2 is 2.27 bits per heavy atom. The molecule has 1 aromatic rings. The highest BCUT2D eigenvalue weighted by Gasteiger charge is 2.20. The lowest BCUT2D eigenvalue weighted by Crippen LogP contribution is -2.50. The van der Waals surface area contributed by atoms with Crippen LogP contribution in [0.3, 0.4) is 0 Å². The maximum Gasteiger partial charge on any atom is 0.145 e. The van der Waals surface area contributed by atoms with E-state index < -0.39 is 0 Å². The molecule has 0 spiro atoms. The molecule has 0 radical (unpaired) electrons. The average Bonchev–Trinajstić information content (AvgIpc) is 2.23. The summed E-state index contributed by atoms with van der Waals surface area (Å²) in [6, 6.07) is 6.21. The molecule has 0 saturated carbocycles. The van der Waals surface area contributed by atoms with Crippen molar-refractivity contribution in [2.45, 2.75) is 18.9 Å². The summed E-state index contributed by atoms with van der Waals surface area (Å²) < 4.78 is 5.87. The van der Waals surface area contributed by atoms with Gasteiger partial charge in [-0.2, -0.15) is 0 Å². The molecule has 0 aliphatic carbocycles. The zero-order chi connectivity index (χ0) is 10.1. The predicted molar refractivity (Wildman–Crippen MR) is 60.2 cm³/mol. The molecule has 0 amide bonds. The molecular weight excluding hydrogens is 188 g/mol. The van der Waals surface area contributed by atoms with Crippen LogP contribution in [0.5, 0.6) is 5.75 Å². The Morgan fingerprint density at radius 3 is 3.07 bits per heavy atom. The molecule has 3 rings (SSSR count). The second kappa shape index (κ2) is 3.66. The summed E-state index contributed by atoms with van der Waals surface area (Å²) in [5, 5.41) is 3.20. The maximum atomic E-state index is 5.87. The molecule has 2 aliphatic heterocycles. The van der Waals surface area contributed by atoms with E-state index >= 15 is 0 Å². The lowest BCUT2D eigenvalue weighted by Gasteiger charge is -2.29. The lowest BCUT2D eigenvalue weighted by atomic mass is 10.0. The fourth-order valence-electron chi connectivity index (χ4n) is 1.91. The molecule has 1 saturated heterocycles. The summed E-state index contributed by atoms with van der Waals surface area (Å²) in [5.41, 5.74) is 2.35. The molecule has 0 unspecified atom stereocenters. The van der Waals surface area contributed by atoms with Gasteiger partial charge in [-0.3, -0.25) is 4.99 Å². The van der Waals surface area contributed by atoms with Crippen molar-refractivity contribution in [1.29, 1.82) is 0 Å². The van der Waals surface area contributed by atoms with Gasteiger partial charge in [-0.25, -0.2) is 0 Å². The third-order valence-corrected chi connectivity index (χ3v) is 2.88. The largest absolute Gasteiger partial charge is 0.485 e. The van der Waals surface area contributed by atoms with Crippen LogP contribution in [0.4, 0.5) is 5.69 Å². The van der Waals surface area contributed by atoms with Crippen molar-refractivity contribution in [2.75, 3.05) is 13.1 Å². The molecule has 15 heavy (non-hydrogen) atoms. The molecule has 2 heterocycles. The third-order valence-electron chi connectivity index (χ3n) is 2.88. The van der Waals surface area contributed by atoms with Gasteiger partial charge in [-0.05, 0) is 24.5 Å². The first kappa shape index (κ1) is 8.92. The topological polar surface area (TPSA) is 33.6 Å². The second-order valence-corrected chi connectivity index (χ2v) is 4.01. The average molecular weight is 202 g/mol. The number of aliphatic imine (C=N–C) groups is 1. The first-order valence-electron chi connectivity index (χ1n) is 5.45. The van der Waals surface area contributed by atoms with Crippen LogP contribution >= 0.6 is 0 Å². The normalized spacial score (nSPS) is 19.5. The second-order valence-electron chi connectivity index (χ2n) is 4.01. The van der Waals surface area contributed by atoms with E-state index in [1.54, 1.807) is 0 Å². The number of ether oxygens (including phenoxy) is 1. The molecule has 1 fully saturated rings. The molecule has 3 nitrogen and oxygen atoms in total. The minimum absolute atomic E-state index is 0.327. The summed E-state index contributed by atoms with van der Waals surface area (Å²) in [6.45, 7) is 1.90. The SMILES string of the molecule is C1=Nc2c(cccc2OC2CNC2)CC1. The van der Waals surface area contributed by atoms with Crippen LogP contribution in [-0.2, 0) is 6.42 Å². The van der Waals surface area contributed by atoms with Gasteiger partial charge in [0, 0.05) is 19.3 Å². The van der Waals surface area contributed by atoms with Crippen LogP contribution in [0.2, 0.25) is 0 Å². The van der Waals surface area contributed by atoms with Gasteiger partial charge in [-0.1, -0.05) is 12.1 Å². The molecule has 1 aromatic carbocycles. The number of nitrogens with one attached hydrogen (secondary N) is 1. The first-order valence-corrected chi connectivity index (χ1v) is 5.45. The maximum absolute atomic E-state index is 5.87. The Balaban J connectivity index is 1.90. The highest BCUT2D eigenvalue weighted by atomic mass is 16.5. The summed E-state index contributed by atoms with van der Waals surface area (Å²) in [5.74, 6) is 0.940. The number of fused-ring (bicyclic) bond motifs is 1. The van der Waals surface area contributed by atoms with Gasteiger partial charge in [0.1, 0.15) is 17.5 Å². The number of hydrogen-bond donors (Lipinski definition) is 1. The van der Waals surface area contributed by atoms with Crippen LogP contribution in [-0.4, -0.2) is 25.4 Å². The van der Waals surface area contributed by atoms with Crippen molar-refractivity contribution < 1.29 is 4.74 Å². The van der Waals surface area contributed by atoms with Crippen LogP contribution in [0.15, 0.2) is 23.2 Å². The van der Waals surface area contributed by atoms with Crippen molar-refractivity contribution in [3.8, 4) is 5.75 Å². The number of hydrogen-bond acceptors (Lipinski definition) is 3. The minimum Gasteiger partial charge on any atom is -0.485 e. The monoisotopic (exact) mass is 202 g/mol. The van der Waals surface area contributed by atoms with E-state index in [4.69, 9.17) is 4.74 Å². The van der Waals surface area contributed by atoms with Crippen LogP contribution in [0.25, 0.3) is 0 Å². The standard InChI is InChI=1S/C12H14N2O/c1-3-9-4-2-6-14-12(9)11(5-1)15-10-7-13-8-10/h1,3,5-6,10,13H,2,4,7-8H2. The van der Waals surface area contributed by atoms with Crippen molar-refractivity contribution in [3.05, 3.63) is 23.8 Å². The fraction of sp³-hybridized carbons (Fsp3) is 0.417. The van der Waals surface area contributed by atoms with Gasteiger partial charge in [-0.15, -0.1) is 0 Å². The number of benzene rings is 1. The first-order chi connectivity index (χ1) is 7.43. The fourth-order valence-corrected chi connectivity index (χ4v) is 1.91. The zero-order valence-corrected chi connectivity index (χ0v) is 8.57. The van der Waals surface area contributed by atoms with Gasteiger partial charge < -0.3 is 10.1 Å². The minimum atomic E-state index is 0.327. The Morgan fingerprint density at radius 1 is 1.33 bits per heavy atom. The van der Waals surface area contributed by atoms with E-state index in [1.807, 2.05) is 12.3 Å². The van der Waals surface area contributed by atoms with E-state index in [0.717, 1.165) is 37.4 Å². The van der Waals surface area contributed by atoms with Crippen molar-refractivity contribution in [1.82, 2.24) is 5.32 Å². The molecular formula is C12H14N2O. The molecule has 0 aromatic heterocycles. The molecule has 0 atom stereocenters. The molecule has 3 heteroatoms. The van der Waals surface area contributed by atoms with E-state index in [-0.39, 0.29) is 0 Å². The van der Waals surface area contributed by atoms with Gasteiger partial charge in [0.05, 0.1) is 0 Å². The van der Waals surface area contributed by atoms with Crippen LogP contribution < -0.4 is 10.1 Å². The summed E-state index contributed by atoms with van der Waals surface area (Å²) in [7, 11) is 0. The smallest absolute Gasteiger partial charge is 0.145 e. The Labute approximate surface area is 89.2 Å². The van der Waals surface area contributed by atoms with E-state index in [9.17, 15) is 0 Å². The lowest BCUT2D eigenvalue weighted by molar-refractivity contribution is 0.143.